The molecule has 5 nitrogen and oxygen atoms in total. The molecular weight excluding hydrogens is 226 g/mol. The summed E-state index contributed by atoms with van der Waals surface area (Å²) in [4.78, 5) is 12.9. The molecule has 1 aromatic rings. The number of anilines is 2. The highest BCUT2D eigenvalue weighted by Crippen LogP contribution is 2.15. The largest absolute Gasteiger partial charge is 0.368 e. The number of rotatable bonds is 6. The van der Waals surface area contributed by atoms with Crippen LogP contribution in [0.15, 0.2) is 6.07 Å². The van der Waals surface area contributed by atoms with Gasteiger partial charge in [0.15, 0.2) is 0 Å². The van der Waals surface area contributed by atoms with Crippen LogP contribution in [0.4, 0.5) is 11.8 Å². The van der Waals surface area contributed by atoms with Crippen LogP contribution in [0.5, 0.6) is 0 Å². The second kappa shape index (κ2) is 6.54. The Kier molecular flexibility index (Phi) is 5.34. The van der Waals surface area contributed by atoms with Crippen LogP contribution in [0.2, 0.25) is 0 Å². The van der Waals surface area contributed by atoms with E-state index in [1.165, 1.54) is 0 Å². The molecule has 0 saturated heterocycles. The van der Waals surface area contributed by atoms with Crippen molar-refractivity contribution >= 4 is 11.8 Å². The molecule has 0 aliphatic carbocycles. The van der Waals surface area contributed by atoms with Crippen LogP contribution in [-0.4, -0.2) is 48.6 Å². The molecule has 18 heavy (non-hydrogen) atoms. The van der Waals surface area contributed by atoms with E-state index in [2.05, 4.69) is 47.7 Å². The molecule has 0 saturated carbocycles. The lowest BCUT2D eigenvalue weighted by molar-refractivity contribution is 0.408. The lowest BCUT2D eigenvalue weighted by Crippen LogP contribution is -2.35. The second-order valence-corrected chi connectivity index (χ2v) is 5.37. The van der Waals surface area contributed by atoms with Gasteiger partial charge in [-0.15, -0.1) is 0 Å². The van der Waals surface area contributed by atoms with E-state index in [0.29, 0.717) is 11.9 Å². The van der Waals surface area contributed by atoms with Gasteiger partial charge in [0.2, 0.25) is 5.95 Å². The first-order chi connectivity index (χ1) is 8.38. The van der Waals surface area contributed by atoms with Crippen LogP contribution in [0.1, 0.15) is 19.5 Å². The fourth-order valence-corrected chi connectivity index (χ4v) is 1.80. The Hall–Kier alpha value is -1.36. The number of nitrogens with zero attached hydrogens (tertiary/aromatic N) is 4. The lowest BCUT2D eigenvalue weighted by Gasteiger charge is -2.27. The molecule has 0 radical (unpaired) electrons. The smallest absolute Gasteiger partial charge is 0.222 e. The van der Waals surface area contributed by atoms with Crippen molar-refractivity contribution in [3.8, 4) is 0 Å². The molecule has 0 unspecified atom stereocenters. The van der Waals surface area contributed by atoms with Crippen molar-refractivity contribution in [2.24, 2.45) is 5.92 Å². The highest BCUT2D eigenvalue weighted by atomic mass is 15.2. The Morgan fingerprint density at radius 3 is 2.39 bits per heavy atom. The monoisotopic (exact) mass is 251 g/mol. The van der Waals surface area contributed by atoms with Crippen molar-refractivity contribution in [1.29, 1.82) is 0 Å². The van der Waals surface area contributed by atoms with E-state index in [0.717, 1.165) is 31.1 Å². The minimum Gasteiger partial charge on any atom is -0.368 e. The average Bonchev–Trinajstić information content (AvgIpc) is 2.22. The first kappa shape index (κ1) is 14.7. The van der Waals surface area contributed by atoms with Crippen LogP contribution in [0, 0.1) is 12.8 Å². The maximum Gasteiger partial charge on any atom is 0.222 e. The predicted molar refractivity (Wildman–Crippen MR) is 76.8 cm³/mol. The molecule has 1 aromatic heterocycles. The van der Waals surface area contributed by atoms with Crippen LogP contribution < -0.4 is 10.6 Å². The van der Waals surface area contributed by atoms with Gasteiger partial charge in [0.25, 0.3) is 0 Å². The SMILES string of the molecule is Cc1cc(N(CCN(C)C)CC(C)C)nc(N)n1. The quantitative estimate of drug-likeness (QED) is 0.828. The van der Waals surface area contributed by atoms with E-state index >= 15 is 0 Å². The summed E-state index contributed by atoms with van der Waals surface area (Å²) in [7, 11) is 4.15. The fourth-order valence-electron chi connectivity index (χ4n) is 1.80. The Morgan fingerprint density at radius 1 is 1.22 bits per heavy atom. The van der Waals surface area contributed by atoms with Crippen molar-refractivity contribution in [3.63, 3.8) is 0 Å². The summed E-state index contributed by atoms with van der Waals surface area (Å²) in [5.41, 5.74) is 6.64. The molecule has 0 spiro atoms. The van der Waals surface area contributed by atoms with E-state index in [-0.39, 0.29) is 0 Å². The van der Waals surface area contributed by atoms with Gasteiger partial charge in [-0.1, -0.05) is 13.8 Å². The van der Waals surface area contributed by atoms with Crippen LogP contribution in [0.3, 0.4) is 0 Å². The standard InChI is InChI=1S/C13H25N5/c1-10(2)9-18(7-6-17(4)5)12-8-11(3)15-13(14)16-12/h8,10H,6-7,9H2,1-5H3,(H2,14,15,16). The number of hydrogen-bond donors (Lipinski definition) is 1. The number of likely N-dealkylation sites (N-methyl/N-ethyl adjacent to an activating group) is 1. The lowest BCUT2D eigenvalue weighted by atomic mass is 10.2. The van der Waals surface area contributed by atoms with Gasteiger partial charge in [0.05, 0.1) is 0 Å². The Balaban J connectivity index is 2.86. The fraction of sp³-hybridized carbons (Fsp3) is 0.692. The van der Waals surface area contributed by atoms with Crippen LogP contribution >= 0.6 is 0 Å². The maximum absolute atomic E-state index is 5.72. The number of aromatic nitrogens is 2. The van der Waals surface area contributed by atoms with Gasteiger partial charge in [0, 0.05) is 31.4 Å². The molecule has 0 aliphatic heterocycles. The zero-order valence-corrected chi connectivity index (χ0v) is 12.1. The number of nitrogens with two attached hydrogens (primary N) is 1. The highest BCUT2D eigenvalue weighted by Gasteiger charge is 2.11. The van der Waals surface area contributed by atoms with Crippen molar-refractivity contribution in [1.82, 2.24) is 14.9 Å². The third-order valence-corrected chi connectivity index (χ3v) is 2.58. The number of aryl methyl sites for hydroxylation is 1. The second-order valence-electron chi connectivity index (χ2n) is 5.37. The molecule has 1 rings (SSSR count). The Labute approximate surface area is 110 Å². The summed E-state index contributed by atoms with van der Waals surface area (Å²) in [6, 6.07) is 1.99. The van der Waals surface area contributed by atoms with Crippen LogP contribution in [-0.2, 0) is 0 Å². The molecule has 0 aromatic carbocycles. The van der Waals surface area contributed by atoms with E-state index in [1.54, 1.807) is 0 Å². The maximum atomic E-state index is 5.72. The van der Waals surface area contributed by atoms with Gasteiger partial charge >= 0.3 is 0 Å². The van der Waals surface area contributed by atoms with Gasteiger partial charge in [-0.3, -0.25) is 0 Å². The van der Waals surface area contributed by atoms with Gasteiger partial charge in [-0.25, -0.2) is 4.98 Å². The number of hydrogen-bond acceptors (Lipinski definition) is 5. The summed E-state index contributed by atoms with van der Waals surface area (Å²) in [5.74, 6) is 1.86. The van der Waals surface area contributed by atoms with Gasteiger partial charge in [-0.2, -0.15) is 4.98 Å². The third kappa shape index (κ3) is 4.87. The Bertz CT molecular complexity index is 355. The van der Waals surface area contributed by atoms with E-state index < -0.39 is 0 Å². The zero-order valence-electron chi connectivity index (χ0n) is 12.1. The molecule has 1 heterocycles. The molecule has 0 bridgehead atoms. The summed E-state index contributed by atoms with van der Waals surface area (Å²) in [6.45, 7) is 9.28. The molecule has 0 atom stereocenters. The molecule has 0 aliphatic rings. The highest BCUT2D eigenvalue weighted by molar-refractivity contribution is 5.43. The molecule has 2 N–H and O–H groups in total. The summed E-state index contributed by atoms with van der Waals surface area (Å²) in [6.07, 6.45) is 0. The predicted octanol–water partition coefficient (Wildman–Crippen LogP) is 1.39. The summed E-state index contributed by atoms with van der Waals surface area (Å²) >= 11 is 0. The number of nitrogen functional groups attached to an aromatic ring is 1. The van der Waals surface area contributed by atoms with E-state index in [1.807, 2.05) is 13.0 Å². The first-order valence-corrected chi connectivity index (χ1v) is 6.39. The van der Waals surface area contributed by atoms with E-state index in [9.17, 15) is 0 Å². The minimum atomic E-state index is 0.351. The van der Waals surface area contributed by atoms with Crippen molar-refractivity contribution in [3.05, 3.63) is 11.8 Å². The summed E-state index contributed by atoms with van der Waals surface area (Å²) < 4.78 is 0. The molecule has 0 amide bonds. The van der Waals surface area contributed by atoms with Crippen molar-refractivity contribution < 1.29 is 0 Å². The molecular formula is C13H25N5. The van der Waals surface area contributed by atoms with Crippen LogP contribution in [0.25, 0.3) is 0 Å². The van der Waals surface area contributed by atoms with Crippen molar-refractivity contribution in [2.75, 3.05) is 44.4 Å². The first-order valence-electron chi connectivity index (χ1n) is 6.39. The molecule has 0 fully saturated rings. The summed E-state index contributed by atoms with van der Waals surface area (Å²) in [5, 5.41) is 0. The van der Waals surface area contributed by atoms with Crippen molar-refractivity contribution in [2.45, 2.75) is 20.8 Å². The van der Waals surface area contributed by atoms with Gasteiger partial charge in [0.1, 0.15) is 5.82 Å². The Morgan fingerprint density at radius 2 is 1.89 bits per heavy atom. The minimum absolute atomic E-state index is 0.351. The zero-order chi connectivity index (χ0) is 13.7. The molecule has 5 heteroatoms. The topological polar surface area (TPSA) is 58.3 Å². The normalized spacial score (nSPS) is 11.3. The average molecular weight is 251 g/mol. The third-order valence-electron chi connectivity index (χ3n) is 2.58. The van der Waals surface area contributed by atoms with E-state index in [4.69, 9.17) is 5.73 Å². The van der Waals surface area contributed by atoms with Gasteiger partial charge in [-0.05, 0) is 26.9 Å². The van der Waals surface area contributed by atoms with Gasteiger partial charge < -0.3 is 15.5 Å². The molecule has 102 valence electrons.